The van der Waals surface area contributed by atoms with E-state index < -0.39 is 18.5 Å². The number of benzene rings is 2. The Balaban J connectivity index is 1.67. The highest BCUT2D eigenvalue weighted by Crippen LogP contribution is 2.27. The fraction of sp³-hybridized carbons (Fsp3) is 0.160. The predicted molar refractivity (Wildman–Crippen MR) is 129 cm³/mol. The highest BCUT2D eigenvalue weighted by atomic mass is 35.5. The summed E-state index contributed by atoms with van der Waals surface area (Å²) in [6.45, 7) is 3.71. The van der Waals surface area contributed by atoms with Crippen molar-refractivity contribution in [3.63, 3.8) is 0 Å². The Kier molecular flexibility index (Phi) is 7.94. The molecular formula is C25H21Cl2N3O3. The van der Waals surface area contributed by atoms with Crippen molar-refractivity contribution in [3.8, 4) is 6.07 Å². The lowest BCUT2D eigenvalue weighted by Crippen LogP contribution is -2.22. The summed E-state index contributed by atoms with van der Waals surface area (Å²) in [6.07, 6.45) is 2.70. The number of hydrogen-bond acceptors (Lipinski definition) is 4. The lowest BCUT2D eigenvalue weighted by Gasteiger charge is -2.13. The Morgan fingerprint density at radius 3 is 2.52 bits per heavy atom. The third-order valence-corrected chi connectivity index (χ3v) is 5.82. The zero-order valence-corrected chi connectivity index (χ0v) is 19.6. The molecule has 0 spiro atoms. The van der Waals surface area contributed by atoms with E-state index in [1.807, 2.05) is 48.7 Å². The summed E-state index contributed by atoms with van der Waals surface area (Å²) >= 11 is 11.8. The first-order chi connectivity index (χ1) is 15.8. The number of halogens is 2. The zero-order chi connectivity index (χ0) is 24.0. The fourth-order valence-corrected chi connectivity index (χ4v) is 3.53. The summed E-state index contributed by atoms with van der Waals surface area (Å²) in [5.74, 6) is -0.859. The van der Waals surface area contributed by atoms with Gasteiger partial charge in [0.25, 0.3) is 5.91 Å². The molecule has 0 saturated heterocycles. The molecule has 0 aliphatic rings. The first-order valence-corrected chi connectivity index (χ1v) is 10.8. The number of rotatable bonds is 7. The van der Waals surface area contributed by atoms with E-state index in [4.69, 9.17) is 27.9 Å². The van der Waals surface area contributed by atoms with E-state index in [9.17, 15) is 14.9 Å². The Hall–Kier alpha value is -3.53. The highest BCUT2D eigenvalue weighted by Gasteiger charge is 2.20. The van der Waals surface area contributed by atoms with Gasteiger partial charge in [0.1, 0.15) is 11.9 Å². The molecule has 0 unspecified atom stereocenters. The van der Waals surface area contributed by atoms with E-state index in [2.05, 4.69) is 11.4 Å². The minimum Gasteiger partial charge on any atom is -0.452 e. The molecule has 3 rings (SSSR count). The van der Waals surface area contributed by atoms with Gasteiger partial charge in [0, 0.05) is 18.3 Å². The van der Waals surface area contributed by atoms with Gasteiger partial charge in [0.15, 0.2) is 6.61 Å². The van der Waals surface area contributed by atoms with Crippen LogP contribution in [0, 0.1) is 25.2 Å². The van der Waals surface area contributed by atoms with Crippen LogP contribution in [0.1, 0.15) is 27.9 Å². The van der Waals surface area contributed by atoms with Crippen molar-refractivity contribution in [2.45, 2.75) is 20.4 Å². The quantitative estimate of drug-likeness (QED) is 0.355. The third-order valence-electron chi connectivity index (χ3n) is 5.08. The monoisotopic (exact) mass is 481 g/mol. The van der Waals surface area contributed by atoms with Crippen LogP contribution in [0.25, 0.3) is 6.08 Å². The normalized spacial score (nSPS) is 10.8. The van der Waals surface area contributed by atoms with Crippen molar-refractivity contribution in [2.75, 3.05) is 11.9 Å². The van der Waals surface area contributed by atoms with Crippen LogP contribution in [0.2, 0.25) is 10.0 Å². The Morgan fingerprint density at radius 1 is 1.12 bits per heavy atom. The molecule has 0 aliphatic carbocycles. The van der Waals surface area contributed by atoms with Crippen molar-refractivity contribution in [1.29, 1.82) is 5.26 Å². The summed E-state index contributed by atoms with van der Waals surface area (Å²) < 4.78 is 6.90. The number of hydrogen-bond donors (Lipinski definition) is 1. The van der Waals surface area contributed by atoms with Crippen LogP contribution in [0.15, 0.2) is 54.6 Å². The molecule has 1 aromatic heterocycles. The second-order valence-corrected chi connectivity index (χ2v) is 8.09. The number of ether oxygens (including phenoxy) is 1. The van der Waals surface area contributed by atoms with Crippen molar-refractivity contribution in [2.24, 2.45) is 0 Å². The molecule has 8 heteroatoms. The summed E-state index contributed by atoms with van der Waals surface area (Å²) in [6, 6.07) is 16.8. The number of esters is 1. The van der Waals surface area contributed by atoms with E-state index in [0.717, 1.165) is 16.8 Å². The van der Waals surface area contributed by atoms with Crippen LogP contribution >= 0.6 is 23.2 Å². The van der Waals surface area contributed by atoms with Gasteiger partial charge in [0.05, 0.1) is 15.6 Å². The first-order valence-electron chi connectivity index (χ1n) is 10.0. The zero-order valence-electron chi connectivity index (χ0n) is 18.1. The van der Waals surface area contributed by atoms with E-state index in [1.165, 1.54) is 12.2 Å². The summed E-state index contributed by atoms with van der Waals surface area (Å²) in [5.41, 5.74) is 3.71. The lowest BCUT2D eigenvalue weighted by molar-refractivity contribution is -0.142. The molecule has 0 bridgehead atoms. The van der Waals surface area contributed by atoms with Gasteiger partial charge < -0.3 is 14.6 Å². The molecule has 1 heterocycles. The van der Waals surface area contributed by atoms with Gasteiger partial charge in [0.2, 0.25) is 0 Å². The minimum atomic E-state index is -0.691. The fourth-order valence-electron chi connectivity index (χ4n) is 3.23. The molecular weight excluding hydrogens is 461 g/mol. The van der Waals surface area contributed by atoms with Crippen molar-refractivity contribution < 1.29 is 14.3 Å². The van der Waals surface area contributed by atoms with Gasteiger partial charge in [-0.1, -0.05) is 59.6 Å². The molecule has 0 saturated carbocycles. The molecule has 3 aromatic rings. The number of anilines is 1. The summed E-state index contributed by atoms with van der Waals surface area (Å²) in [5, 5.41) is 13.1. The average molecular weight is 482 g/mol. The van der Waals surface area contributed by atoms with Gasteiger partial charge in [-0.2, -0.15) is 5.26 Å². The number of nitriles is 1. The SMILES string of the molecule is Cc1c(C#N)c(NC(=O)COC(=O)/C=C/c2ccc(Cl)c(Cl)c2)n(Cc2ccccc2)c1C. The maximum atomic E-state index is 12.5. The number of carbonyl (C=O) groups excluding carboxylic acids is 2. The number of aromatic nitrogens is 1. The maximum absolute atomic E-state index is 12.5. The third kappa shape index (κ3) is 6.04. The second kappa shape index (κ2) is 10.9. The minimum absolute atomic E-state index is 0.365. The largest absolute Gasteiger partial charge is 0.452 e. The summed E-state index contributed by atoms with van der Waals surface area (Å²) in [7, 11) is 0. The van der Waals surface area contributed by atoms with Crippen LogP contribution in [-0.4, -0.2) is 23.1 Å². The van der Waals surface area contributed by atoms with E-state index >= 15 is 0 Å². The average Bonchev–Trinajstić information content (AvgIpc) is 3.02. The lowest BCUT2D eigenvalue weighted by atomic mass is 10.2. The van der Waals surface area contributed by atoms with Crippen LogP contribution in [-0.2, 0) is 20.9 Å². The number of carbonyl (C=O) groups is 2. The van der Waals surface area contributed by atoms with Crippen molar-refractivity contribution in [3.05, 3.63) is 92.6 Å². The molecule has 0 fully saturated rings. The highest BCUT2D eigenvalue weighted by molar-refractivity contribution is 6.42. The van der Waals surface area contributed by atoms with Crippen molar-refractivity contribution in [1.82, 2.24) is 4.57 Å². The molecule has 1 N–H and O–H groups in total. The van der Waals surface area contributed by atoms with E-state index in [0.29, 0.717) is 33.5 Å². The van der Waals surface area contributed by atoms with Crippen LogP contribution in [0.4, 0.5) is 5.82 Å². The van der Waals surface area contributed by atoms with E-state index in [-0.39, 0.29) is 0 Å². The molecule has 2 aromatic carbocycles. The molecule has 0 radical (unpaired) electrons. The molecule has 1 amide bonds. The molecule has 0 aliphatic heterocycles. The smallest absolute Gasteiger partial charge is 0.331 e. The standard InChI is InChI=1S/C25H21Cl2N3O3/c1-16-17(2)30(14-19-6-4-3-5-7-19)25(20(16)13-28)29-23(31)15-33-24(32)11-9-18-8-10-21(26)22(27)12-18/h3-12H,14-15H2,1-2H3,(H,29,31)/b11-9+. The second-order valence-electron chi connectivity index (χ2n) is 7.28. The van der Waals surface area contributed by atoms with Gasteiger partial charge in [-0.05, 0) is 48.7 Å². The topological polar surface area (TPSA) is 84.1 Å². The number of nitrogens with zero attached hydrogens (tertiary/aromatic N) is 2. The molecule has 0 atom stereocenters. The van der Waals surface area contributed by atoms with Crippen LogP contribution < -0.4 is 5.32 Å². The molecule has 6 nitrogen and oxygen atoms in total. The Morgan fingerprint density at radius 2 is 1.85 bits per heavy atom. The molecule has 33 heavy (non-hydrogen) atoms. The Labute approximate surface area is 202 Å². The van der Waals surface area contributed by atoms with Gasteiger partial charge >= 0.3 is 5.97 Å². The van der Waals surface area contributed by atoms with Gasteiger partial charge in [-0.25, -0.2) is 4.79 Å². The van der Waals surface area contributed by atoms with Crippen molar-refractivity contribution >= 4 is 47.0 Å². The molecule has 168 valence electrons. The van der Waals surface area contributed by atoms with Gasteiger partial charge in [-0.15, -0.1) is 0 Å². The van der Waals surface area contributed by atoms with Gasteiger partial charge in [-0.3, -0.25) is 4.79 Å². The van der Waals surface area contributed by atoms with Crippen LogP contribution in [0.3, 0.4) is 0 Å². The first kappa shape index (κ1) is 24.1. The Bertz CT molecular complexity index is 1260. The maximum Gasteiger partial charge on any atom is 0.331 e. The number of amides is 1. The number of nitrogens with one attached hydrogen (secondary N) is 1. The van der Waals surface area contributed by atoms with E-state index in [1.54, 1.807) is 18.2 Å². The summed E-state index contributed by atoms with van der Waals surface area (Å²) in [4.78, 5) is 24.5. The predicted octanol–water partition coefficient (Wildman–Crippen LogP) is 5.53. The van der Waals surface area contributed by atoms with Crippen LogP contribution in [0.5, 0.6) is 0 Å².